The number of pyridine rings is 1. The largest absolute Gasteiger partial charge is 0.472 e. The number of aromatic nitrogens is 3. The second kappa shape index (κ2) is 7.02. The maximum absolute atomic E-state index is 9.45. The van der Waals surface area contributed by atoms with E-state index in [2.05, 4.69) is 16.2 Å². The molecule has 1 aliphatic heterocycles. The molecule has 4 rings (SSSR count). The Kier molecular flexibility index (Phi) is 4.42. The standard InChI is InChI=1S/C19H19N5O2/c20-10-14-7-9-25-12-16(14)24-15-6-8-22-19(17(15)18(21)23-24)26-11-13-4-2-1-3-5-13/h1-6,8,14,16H,7,9,11-12H2,(H2,21,23)/t14-,16?/m0/s1. The molecule has 0 bridgehead atoms. The van der Waals surface area contributed by atoms with Crippen LogP contribution in [-0.4, -0.2) is 28.0 Å². The first kappa shape index (κ1) is 16.4. The number of rotatable bonds is 4. The topological polar surface area (TPSA) is 99.0 Å². The Hall–Kier alpha value is -3.11. The van der Waals surface area contributed by atoms with Crippen molar-refractivity contribution in [1.29, 1.82) is 5.26 Å². The highest BCUT2D eigenvalue weighted by molar-refractivity contribution is 5.93. The summed E-state index contributed by atoms with van der Waals surface area (Å²) in [4.78, 5) is 4.33. The van der Waals surface area contributed by atoms with Gasteiger partial charge >= 0.3 is 0 Å². The van der Waals surface area contributed by atoms with Gasteiger partial charge in [-0.25, -0.2) is 4.98 Å². The summed E-state index contributed by atoms with van der Waals surface area (Å²) in [7, 11) is 0. The number of ether oxygens (including phenoxy) is 2. The minimum atomic E-state index is -0.169. The highest BCUT2D eigenvalue weighted by Crippen LogP contribution is 2.34. The zero-order valence-corrected chi connectivity index (χ0v) is 14.2. The summed E-state index contributed by atoms with van der Waals surface area (Å²) in [5, 5.41) is 14.6. The number of fused-ring (bicyclic) bond motifs is 1. The number of benzene rings is 1. The summed E-state index contributed by atoms with van der Waals surface area (Å²) in [6.07, 6.45) is 2.36. The molecule has 7 heteroatoms. The van der Waals surface area contributed by atoms with Gasteiger partial charge in [-0.1, -0.05) is 30.3 Å². The van der Waals surface area contributed by atoms with Crippen LogP contribution in [0.4, 0.5) is 5.82 Å². The molecule has 3 heterocycles. The van der Waals surface area contributed by atoms with Gasteiger partial charge in [-0.15, -0.1) is 0 Å². The molecule has 0 spiro atoms. The molecule has 3 aromatic rings. The van der Waals surface area contributed by atoms with E-state index in [9.17, 15) is 5.26 Å². The van der Waals surface area contributed by atoms with Crippen LogP contribution in [0.15, 0.2) is 42.6 Å². The van der Waals surface area contributed by atoms with Gasteiger partial charge in [0.2, 0.25) is 5.88 Å². The molecule has 132 valence electrons. The van der Waals surface area contributed by atoms with Gasteiger partial charge in [0.1, 0.15) is 12.0 Å². The number of hydrogen-bond donors (Lipinski definition) is 1. The Labute approximate surface area is 151 Å². The van der Waals surface area contributed by atoms with Crippen molar-refractivity contribution in [2.24, 2.45) is 5.92 Å². The van der Waals surface area contributed by atoms with Crippen molar-refractivity contribution in [3.05, 3.63) is 48.2 Å². The smallest absolute Gasteiger partial charge is 0.227 e. The van der Waals surface area contributed by atoms with E-state index in [0.29, 0.717) is 43.3 Å². The highest BCUT2D eigenvalue weighted by atomic mass is 16.5. The SMILES string of the molecule is N#C[C@@H]1CCOCC1n1nc(N)c2c(OCc3ccccc3)nccc21. The molecule has 0 saturated carbocycles. The van der Waals surface area contributed by atoms with Gasteiger partial charge in [0.25, 0.3) is 0 Å². The number of nitrogen functional groups attached to an aromatic ring is 1. The predicted molar refractivity (Wildman–Crippen MR) is 96.3 cm³/mol. The van der Waals surface area contributed by atoms with Crippen LogP contribution in [0.25, 0.3) is 10.9 Å². The fraction of sp³-hybridized carbons (Fsp3) is 0.316. The van der Waals surface area contributed by atoms with E-state index in [1.807, 2.05) is 36.4 Å². The maximum atomic E-state index is 9.45. The van der Waals surface area contributed by atoms with Gasteiger partial charge in [0, 0.05) is 12.8 Å². The zero-order valence-electron chi connectivity index (χ0n) is 14.2. The molecule has 7 nitrogen and oxygen atoms in total. The molecule has 1 saturated heterocycles. The van der Waals surface area contributed by atoms with Crippen LogP contribution < -0.4 is 10.5 Å². The average molecular weight is 349 g/mol. The number of nitrogens with zero attached hydrogens (tertiary/aromatic N) is 4. The van der Waals surface area contributed by atoms with Crippen LogP contribution in [0.3, 0.4) is 0 Å². The van der Waals surface area contributed by atoms with Crippen molar-refractivity contribution in [3.8, 4) is 11.9 Å². The average Bonchev–Trinajstić information content (AvgIpc) is 3.04. The predicted octanol–water partition coefficient (Wildman–Crippen LogP) is 2.69. The van der Waals surface area contributed by atoms with Crippen molar-refractivity contribution in [3.63, 3.8) is 0 Å². The Morgan fingerprint density at radius 3 is 2.96 bits per heavy atom. The molecule has 2 N–H and O–H groups in total. The monoisotopic (exact) mass is 349 g/mol. The van der Waals surface area contributed by atoms with Crippen molar-refractivity contribution < 1.29 is 9.47 Å². The van der Waals surface area contributed by atoms with Crippen LogP contribution >= 0.6 is 0 Å². The van der Waals surface area contributed by atoms with Crippen LogP contribution in [0.2, 0.25) is 0 Å². The Balaban J connectivity index is 1.69. The summed E-state index contributed by atoms with van der Waals surface area (Å²) in [6, 6.07) is 13.9. The maximum Gasteiger partial charge on any atom is 0.227 e. The lowest BCUT2D eigenvalue weighted by molar-refractivity contribution is 0.0359. The number of hydrogen-bond acceptors (Lipinski definition) is 6. The highest BCUT2D eigenvalue weighted by Gasteiger charge is 2.30. The minimum absolute atomic E-state index is 0.159. The lowest BCUT2D eigenvalue weighted by Gasteiger charge is -2.27. The lowest BCUT2D eigenvalue weighted by Crippen LogP contribution is -2.30. The first-order chi connectivity index (χ1) is 12.8. The number of nitriles is 1. The van der Waals surface area contributed by atoms with E-state index < -0.39 is 0 Å². The molecule has 1 aliphatic rings. The van der Waals surface area contributed by atoms with E-state index in [-0.39, 0.29) is 12.0 Å². The number of nitrogens with two attached hydrogens (primary N) is 1. The summed E-state index contributed by atoms with van der Waals surface area (Å²) >= 11 is 0. The van der Waals surface area contributed by atoms with Crippen molar-refractivity contribution in [2.75, 3.05) is 18.9 Å². The molecule has 0 radical (unpaired) electrons. The third kappa shape index (κ3) is 2.95. The van der Waals surface area contributed by atoms with Gasteiger partial charge in [0.05, 0.1) is 30.2 Å². The van der Waals surface area contributed by atoms with Crippen LogP contribution in [-0.2, 0) is 11.3 Å². The van der Waals surface area contributed by atoms with E-state index in [1.165, 1.54) is 0 Å². The summed E-state index contributed by atoms with van der Waals surface area (Å²) in [5.41, 5.74) is 8.01. The third-order valence-corrected chi connectivity index (χ3v) is 4.64. The van der Waals surface area contributed by atoms with E-state index in [4.69, 9.17) is 15.2 Å². The quantitative estimate of drug-likeness (QED) is 0.777. The molecule has 1 fully saturated rings. The molecule has 0 amide bonds. The Morgan fingerprint density at radius 2 is 2.15 bits per heavy atom. The summed E-state index contributed by atoms with van der Waals surface area (Å²) in [5.74, 6) is 0.631. The van der Waals surface area contributed by atoms with Crippen molar-refractivity contribution in [2.45, 2.75) is 19.1 Å². The van der Waals surface area contributed by atoms with E-state index >= 15 is 0 Å². The molecular weight excluding hydrogens is 330 g/mol. The molecule has 1 unspecified atom stereocenters. The first-order valence-electron chi connectivity index (χ1n) is 8.54. The van der Waals surface area contributed by atoms with Crippen molar-refractivity contribution in [1.82, 2.24) is 14.8 Å². The first-order valence-corrected chi connectivity index (χ1v) is 8.54. The van der Waals surface area contributed by atoms with Gasteiger partial charge in [-0.05, 0) is 18.1 Å². The van der Waals surface area contributed by atoms with Gasteiger partial charge in [-0.2, -0.15) is 10.4 Å². The molecule has 1 aromatic carbocycles. The zero-order chi connectivity index (χ0) is 17.9. The second-order valence-electron chi connectivity index (χ2n) is 6.28. The second-order valence-corrected chi connectivity index (χ2v) is 6.28. The molecule has 2 atom stereocenters. The van der Waals surface area contributed by atoms with Gasteiger partial charge in [-0.3, -0.25) is 4.68 Å². The van der Waals surface area contributed by atoms with Crippen molar-refractivity contribution >= 4 is 16.7 Å². The fourth-order valence-corrected chi connectivity index (χ4v) is 3.29. The Morgan fingerprint density at radius 1 is 1.31 bits per heavy atom. The van der Waals surface area contributed by atoms with Gasteiger partial charge in [0.15, 0.2) is 5.82 Å². The Bertz CT molecular complexity index is 948. The lowest BCUT2D eigenvalue weighted by atomic mass is 9.96. The minimum Gasteiger partial charge on any atom is -0.472 e. The third-order valence-electron chi connectivity index (χ3n) is 4.64. The molecule has 26 heavy (non-hydrogen) atoms. The molecule has 0 aliphatic carbocycles. The summed E-state index contributed by atoms with van der Waals surface area (Å²) in [6.45, 7) is 1.43. The van der Waals surface area contributed by atoms with E-state index in [1.54, 1.807) is 10.9 Å². The normalized spacial score (nSPS) is 20.0. The summed E-state index contributed by atoms with van der Waals surface area (Å²) < 4.78 is 13.2. The van der Waals surface area contributed by atoms with E-state index in [0.717, 1.165) is 11.1 Å². The fourth-order valence-electron chi connectivity index (χ4n) is 3.29. The van der Waals surface area contributed by atoms with Crippen LogP contribution in [0.1, 0.15) is 18.0 Å². The van der Waals surface area contributed by atoms with Crippen LogP contribution in [0.5, 0.6) is 5.88 Å². The molecule has 2 aromatic heterocycles. The molecular formula is C19H19N5O2. The number of anilines is 1. The van der Waals surface area contributed by atoms with Crippen LogP contribution in [0, 0.1) is 17.2 Å². The van der Waals surface area contributed by atoms with Gasteiger partial charge < -0.3 is 15.2 Å².